The van der Waals surface area contributed by atoms with Gasteiger partial charge in [-0.05, 0) is 18.9 Å². The second kappa shape index (κ2) is 4.00. The van der Waals surface area contributed by atoms with E-state index in [1.54, 1.807) is 17.9 Å². The third-order valence-corrected chi connectivity index (χ3v) is 3.04. The lowest BCUT2D eigenvalue weighted by Gasteiger charge is -2.05. The van der Waals surface area contributed by atoms with Crippen molar-refractivity contribution in [2.75, 3.05) is 12.4 Å². The molecule has 3 rings (SSSR count). The van der Waals surface area contributed by atoms with Crippen molar-refractivity contribution < 1.29 is 0 Å². The number of nitrogens with one attached hydrogen (secondary N) is 1. The van der Waals surface area contributed by atoms with Crippen molar-refractivity contribution >= 4 is 17.5 Å². The minimum absolute atomic E-state index is 0.495. The molecule has 0 amide bonds. The Bertz CT molecular complexity index is 547. The predicted molar refractivity (Wildman–Crippen MR) is 65.7 cm³/mol. The van der Waals surface area contributed by atoms with Crippen molar-refractivity contribution in [2.24, 2.45) is 0 Å². The highest BCUT2D eigenvalue weighted by molar-refractivity contribution is 6.32. The van der Waals surface area contributed by atoms with E-state index in [1.165, 1.54) is 12.8 Å². The largest absolute Gasteiger partial charge is 0.357 e. The van der Waals surface area contributed by atoms with Crippen LogP contribution < -0.4 is 5.32 Å². The van der Waals surface area contributed by atoms with Crippen molar-refractivity contribution in [1.82, 2.24) is 19.7 Å². The van der Waals surface area contributed by atoms with Crippen molar-refractivity contribution in [2.45, 2.75) is 18.8 Å². The predicted octanol–water partition coefficient (Wildman–Crippen LogP) is 2.23. The van der Waals surface area contributed by atoms with Crippen LogP contribution in [-0.4, -0.2) is 26.8 Å². The normalized spacial score (nSPS) is 14.9. The summed E-state index contributed by atoms with van der Waals surface area (Å²) in [5, 5.41) is 7.87. The van der Waals surface area contributed by atoms with E-state index in [0.717, 1.165) is 5.69 Å². The van der Waals surface area contributed by atoms with Gasteiger partial charge in [0.05, 0.1) is 11.9 Å². The fraction of sp³-hybridized carbons (Fsp3) is 0.364. The zero-order chi connectivity index (χ0) is 11.8. The van der Waals surface area contributed by atoms with Gasteiger partial charge in [-0.25, -0.2) is 9.67 Å². The number of nitrogens with zero attached hydrogens (tertiary/aromatic N) is 4. The Kier molecular flexibility index (Phi) is 2.48. The Morgan fingerprint density at radius 2 is 2.29 bits per heavy atom. The van der Waals surface area contributed by atoms with E-state index < -0.39 is 0 Å². The van der Waals surface area contributed by atoms with Gasteiger partial charge in [-0.1, -0.05) is 11.6 Å². The number of aromatic nitrogens is 4. The SMILES string of the molecule is CNc1ncc(Cl)c(-n2ccc(C3CC3)n2)n1. The topological polar surface area (TPSA) is 55.6 Å². The first kappa shape index (κ1) is 10.5. The van der Waals surface area contributed by atoms with Crippen LogP contribution in [0.2, 0.25) is 5.02 Å². The first-order chi connectivity index (χ1) is 8.28. The van der Waals surface area contributed by atoms with Crippen LogP contribution in [0.15, 0.2) is 18.5 Å². The van der Waals surface area contributed by atoms with Gasteiger partial charge < -0.3 is 5.32 Å². The standard InChI is InChI=1S/C11H12ClN5/c1-13-11-14-6-8(12)10(15-11)17-5-4-9(16-17)7-2-3-7/h4-7H,2-3H2,1H3,(H,13,14,15). The van der Waals surface area contributed by atoms with E-state index in [0.29, 0.717) is 22.7 Å². The molecule has 0 bridgehead atoms. The van der Waals surface area contributed by atoms with Crippen LogP contribution in [0, 0.1) is 0 Å². The molecule has 2 aromatic rings. The summed E-state index contributed by atoms with van der Waals surface area (Å²) < 4.78 is 1.71. The Morgan fingerprint density at radius 1 is 1.47 bits per heavy atom. The lowest BCUT2D eigenvalue weighted by molar-refractivity contribution is 0.809. The van der Waals surface area contributed by atoms with E-state index in [4.69, 9.17) is 11.6 Å². The second-order valence-electron chi connectivity index (χ2n) is 4.07. The molecular weight excluding hydrogens is 238 g/mol. The van der Waals surface area contributed by atoms with E-state index in [9.17, 15) is 0 Å². The van der Waals surface area contributed by atoms with Crippen LogP contribution in [0.5, 0.6) is 0 Å². The molecular formula is C11H12ClN5. The first-order valence-corrected chi connectivity index (χ1v) is 5.92. The van der Waals surface area contributed by atoms with Crippen molar-refractivity contribution in [3.8, 4) is 5.82 Å². The van der Waals surface area contributed by atoms with E-state index in [2.05, 4.69) is 20.4 Å². The summed E-state index contributed by atoms with van der Waals surface area (Å²) in [6, 6.07) is 2.02. The highest BCUT2D eigenvalue weighted by atomic mass is 35.5. The maximum atomic E-state index is 6.08. The quantitative estimate of drug-likeness (QED) is 0.906. The summed E-state index contributed by atoms with van der Waals surface area (Å²) >= 11 is 6.08. The molecule has 5 nitrogen and oxygen atoms in total. The molecule has 0 unspecified atom stereocenters. The number of halogens is 1. The fourth-order valence-corrected chi connectivity index (χ4v) is 1.87. The minimum Gasteiger partial charge on any atom is -0.357 e. The van der Waals surface area contributed by atoms with Crippen LogP contribution in [-0.2, 0) is 0 Å². The average Bonchev–Trinajstić information content (AvgIpc) is 3.09. The first-order valence-electron chi connectivity index (χ1n) is 5.54. The highest BCUT2D eigenvalue weighted by Crippen LogP contribution is 2.39. The molecule has 0 aliphatic heterocycles. The van der Waals surface area contributed by atoms with Gasteiger partial charge in [0.25, 0.3) is 0 Å². The maximum Gasteiger partial charge on any atom is 0.224 e. The Morgan fingerprint density at radius 3 is 3.00 bits per heavy atom. The smallest absolute Gasteiger partial charge is 0.224 e. The van der Waals surface area contributed by atoms with Gasteiger partial charge in [0.1, 0.15) is 5.02 Å². The molecule has 1 aliphatic rings. The summed E-state index contributed by atoms with van der Waals surface area (Å²) in [7, 11) is 1.77. The molecule has 1 saturated carbocycles. The Balaban J connectivity index is 2.00. The van der Waals surface area contributed by atoms with Crippen LogP contribution in [0.3, 0.4) is 0 Å². The highest BCUT2D eigenvalue weighted by Gasteiger charge is 2.26. The van der Waals surface area contributed by atoms with Gasteiger partial charge in [0.15, 0.2) is 5.82 Å². The fourth-order valence-electron chi connectivity index (χ4n) is 1.69. The molecule has 0 radical (unpaired) electrons. The molecule has 17 heavy (non-hydrogen) atoms. The third kappa shape index (κ3) is 1.98. The summed E-state index contributed by atoms with van der Waals surface area (Å²) in [4.78, 5) is 8.34. The zero-order valence-electron chi connectivity index (χ0n) is 9.39. The third-order valence-electron chi connectivity index (χ3n) is 2.77. The van der Waals surface area contributed by atoms with E-state index in [1.807, 2.05) is 12.3 Å². The van der Waals surface area contributed by atoms with Crippen LogP contribution in [0.4, 0.5) is 5.95 Å². The Labute approximate surface area is 104 Å². The summed E-state index contributed by atoms with van der Waals surface area (Å²) in [5.74, 6) is 1.77. The second-order valence-corrected chi connectivity index (χ2v) is 4.48. The molecule has 0 atom stereocenters. The van der Waals surface area contributed by atoms with Gasteiger partial charge >= 0.3 is 0 Å². The van der Waals surface area contributed by atoms with Crippen molar-refractivity contribution in [3.05, 3.63) is 29.2 Å². The zero-order valence-corrected chi connectivity index (χ0v) is 10.1. The van der Waals surface area contributed by atoms with Gasteiger partial charge in [0, 0.05) is 19.2 Å². The minimum atomic E-state index is 0.495. The lowest BCUT2D eigenvalue weighted by atomic mass is 10.3. The summed E-state index contributed by atoms with van der Waals surface area (Å²) in [6.45, 7) is 0. The molecule has 1 aliphatic carbocycles. The van der Waals surface area contributed by atoms with Crippen LogP contribution in [0.25, 0.3) is 5.82 Å². The van der Waals surface area contributed by atoms with Gasteiger partial charge in [-0.15, -0.1) is 0 Å². The molecule has 1 fully saturated rings. The monoisotopic (exact) mass is 249 g/mol. The van der Waals surface area contributed by atoms with Gasteiger partial charge in [-0.2, -0.15) is 10.1 Å². The van der Waals surface area contributed by atoms with Gasteiger partial charge in [0.2, 0.25) is 5.95 Å². The van der Waals surface area contributed by atoms with E-state index in [-0.39, 0.29) is 0 Å². The molecule has 0 saturated heterocycles. The molecule has 2 heterocycles. The number of anilines is 1. The molecule has 0 aromatic carbocycles. The number of rotatable bonds is 3. The summed E-state index contributed by atoms with van der Waals surface area (Å²) in [6.07, 6.45) is 5.93. The number of hydrogen-bond acceptors (Lipinski definition) is 4. The molecule has 6 heteroatoms. The molecule has 0 spiro atoms. The average molecular weight is 250 g/mol. The molecule has 1 N–H and O–H groups in total. The molecule has 88 valence electrons. The maximum absolute atomic E-state index is 6.08. The van der Waals surface area contributed by atoms with Crippen molar-refractivity contribution in [1.29, 1.82) is 0 Å². The van der Waals surface area contributed by atoms with Crippen LogP contribution >= 0.6 is 11.6 Å². The number of hydrogen-bond donors (Lipinski definition) is 1. The van der Waals surface area contributed by atoms with Crippen molar-refractivity contribution in [3.63, 3.8) is 0 Å². The lowest BCUT2D eigenvalue weighted by Crippen LogP contribution is -2.04. The van der Waals surface area contributed by atoms with Crippen LogP contribution in [0.1, 0.15) is 24.5 Å². The summed E-state index contributed by atoms with van der Waals surface area (Å²) in [5.41, 5.74) is 1.12. The Hall–Kier alpha value is -1.62. The van der Waals surface area contributed by atoms with Gasteiger partial charge in [-0.3, -0.25) is 0 Å². The molecule has 2 aromatic heterocycles. The van der Waals surface area contributed by atoms with E-state index >= 15 is 0 Å².